The molecule has 0 saturated heterocycles. The Kier molecular flexibility index (Phi) is 6.50. The van der Waals surface area contributed by atoms with E-state index in [1.165, 1.54) is 0 Å². The van der Waals surface area contributed by atoms with Crippen LogP contribution in [0.5, 0.6) is 17.2 Å². The van der Waals surface area contributed by atoms with Crippen molar-refractivity contribution >= 4 is 10.0 Å². The fourth-order valence-corrected chi connectivity index (χ4v) is 4.13. The first-order valence-corrected chi connectivity index (χ1v) is 9.70. The van der Waals surface area contributed by atoms with Crippen LogP contribution >= 0.6 is 0 Å². The lowest BCUT2D eigenvalue weighted by molar-refractivity contribution is 0.271. The minimum Gasteiger partial charge on any atom is -0.496 e. The van der Waals surface area contributed by atoms with Gasteiger partial charge in [0.15, 0.2) is 11.5 Å². The number of hydrogen-bond donors (Lipinski definition) is 1. The van der Waals surface area contributed by atoms with Crippen LogP contribution < -0.4 is 18.9 Å². The summed E-state index contributed by atoms with van der Waals surface area (Å²) in [5.74, 6) is 1.83. The van der Waals surface area contributed by atoms with Gasteiger partial charge in [-0.2, -0.15) is 0 Å². The van der Waals surface area contributed by atoms with Crippen molar-refractivity contribution in [3.8, 4) is 17.2 Å². The van der Waals surface area contributed by atoms with Gasteiger partial charge in [0.1, 0.15) is 12.4 Å². The van der Waals surface area contributed by atoms with Crippen molar-refractivity contribution < 1.29 is 22.6 Å². The van der Waals surface area contributed by atoms with Gasteiger partial charge in [0.25, 0.3) is 0 Å². The molecule has 0 fully saturated rings. The van der Waals surface area contributed by atoms with Crippen molar-refractivity contribution in [3.63, 3.8) is 0 Å². The van der Waals surface area contributed by atoms with Gasteiger partial charge in [-0.05, 0) is 56.2 Å². The Bertz CT molecular complexity index is 864. The van der Waals surface area contributed by atoms with Crippen molar-refractivity contribution in [3.05, 3.63) is 47.5 Å². The molecule has 2 aromatic carbocycles. The fraction of sp³-hybridized carbons (Fsp3) is 0.368. The first kappa shape index (κ1) is 20.1. The third kappa shape index (κ3) is 4.68. The van der Waals surface area contributed by atoms with Crippen LogP contribution in [-0.4, -0.2) is 35.3 Å². The summed E-state index contributed by atoms with van der Waals surface area (Å²) in [5.41, 5.74) is 1.38. The van der Waals surface area contributed by atoms with E-state index in [9.17, 15) is 8.42 Å². The first-order valence-electron chi connectivity index (χ1n) is 8.22. The summed E-state index contributed by atoms with van der Waals surface area (Å²) in [6.45, 7) is 5.48. The molecule has 2 rings (SSSR count). The lowest BCUT2D eigenvalue weighted by Gasteiger charge is -2.18. The quantitative estimate of drug-likeness (QED) is 0.763. The molecule has 1 N–H and O–H groups in total. The summed E-state index contributed by atoms with van der Waals surface area (Å²) >= 11 is 0. The van der Waals surface area contributed by atoms with Gasteiger partial charge in [0, 0.05) is 0 Å². The predicted molar refractivity (Wildman–Crippen MR) is 101 cm³/mol. The molecule has 0 spiro atoms. The minimum absolute atomic E-state index is 0.174. The fourth-order valence-electron chi connectivity index (χ4n) is 2.59. The van der Waals surface area contributed by atoms with Crippen molar-refractivity contribution in [2.75, 3.05) is 20.8 Å². The number of rotatable bonds is 8. The molecule has 26 heavy (non-hydrogen) atoms. The number of nitrogens with one attached hydrogen (secondary N) is 1. The molecule has 2 aromatic rings. The molecule has 6 nitrogen and oxygen atoms in total. The third-order valence-electron chi connectivity index (χ3n) is 3.90. The molecule has 0 aliphatic carbocycles. The van der Waals surface area contributed by atoms with Gasteiger partial charge in [0.05, 0.1) is 25.2 Å². The smallest absolute Gasteiger partial charge is 0.241 e. The highest BCUT2D eigenvalue weighted by Gasteiger charge is 2.21. The standard InChI is InChI=1S/C19H25NO5S/c1-13-11-19(14(2)10-18(13)24-5)26(21,22)20-15(3)12-25-17-9-7-6-8-16(17)23-4/h6-11,15,20H,12H2,1-5H3/t15-/m0/s1. The van der Waals surface area contributed by atoms with E-state index in [-0.39, 0.29) is 11.5 Å². The lowest BCUT2D eigenvalue weighted by atomic mass is 10.1. The molecule has 0 aliphatic heterocycles. The number of methoxy groups -OCH3 is 2. The average Bonchev–Trinajstić information content (AvgIpc) is 2.61. The zero-order valence-corrected chi connectivity index (χ0v) is 16.5. The van der Waals surface area contributed by atoms with Crippen LogP contribution in [0.25, 0.3) is 0 Å². The maximum absolute atomic E-state index is 12.7. The highest BCUT2D eigenvalue weighted by molar-refractivity contribution is 7.89. The van der Waals surface area contributed by atoms with E-state index in [0.29, 0.717) is 22.8 Å². The monoisotopic (exact) mass is 379 g/mol. The van der Waals surface area contributed by atoms with Gasteiger partial charge in [-0.3, -0.25) is 0 Å². The van der Waals surface area contributed by atoms with Crippen LogP contribution in [0, 0.1) is 13.8 Å². The lowest BCUT2D eigenvalue weighted by Crippen LogP contribution is -2.37. The zero-order chi connectivity index (χ0) is 19.3. The number of aryl methyl sites for hydroxylation is 2. The van der Waals surface area contributed by atoms with E-state index >= 15 is 0 Å². The van der Waals surface area contributed by atoms with E-state index < -0.39 is 16.1 Å². The molecule has 0 bridgehead atoms. The Balaban J connectivity index is 2.10. The molecular weight excluding hydrogens is 354 g/mol. The topological polar surface area (TPSA) is 73.9 Å². The Hall–Kier alpha value is -2.25. The molecule has 0 heterocycles. The van der Waals surface area contributed by atoms with Crippen molar-refractivity contribution in [1.29, 1.82) is 0 Å². The number of ether oxygens (including phenoxy) is 3. The summed E-state index contributed by atoms with van der Waals surface area (Å²) in [6, 6.07) is 10.1. The van der Waals surface area contributed by atoms with Gasteiger partial charge in [0.2, 0.25) is 10.0 Å². The number of hydrogen-bond acceptors (Lipinski definition) is 5. The van der Waals surface area contributed by atoms with Gasteiger partial charge in [-0.1, -0.05) is 12.1 Å². The maximum atomic E-state index is 12.7. The van der Waals surface area contributed by atoms with E-state index in [2.05, 4.69) is 4.72 Å². The normalized spacial score (nSPS) is 12.5. The molecule has 0 aliphatic rings. The van der Waals surface area contributed by atoms with Crippen LogP contribution in [0.15, 0.2) is 41.3 Å². The van der Waals surface area contributed by atoms with Gasteiger partial charge in [-0.15, -0.1) is 0 Å². The summed E-state index contributed by atoms with van der Waals surface area (Å²) in [5, 5.41) is 0. The van der Waals surface area contributed by atoms with Gasteiger partial charge in [-0.25, -0.2) is 13.1 Å². The van der Waals surface area contributed by atoms with E-state index in [1.54, 1.807) is 52.3 Å². The minimum atomic E-state index is -3.67. The summed E-state index contributed by atoms with van der Waals surface area (Å²) in [7, 11) is -0.555. The molecule has 7 heteroatoms. The zero-order valence-electron chi connectivity index (χ0n) is 15.7. The van der Waals surface area contributed by atoms with Crippen LogP contribution in [0.3, 0.4) is 0 Å². The van der Waals surface area contributed by atoms with Gasteiger partial charge >= 0.3 is 0 Å². The second-order valence-corrected chi connectivity index (χ2v) is 7.75. The second-order valence-electron chi connectivity index (χ2n) is 6.07. The van der Waals surface area contributed by atoms with Crippen LogP contribution in [0.2, 0.25) is 0 Å². The van der Waals surface area contributed by atoms with E-state index in [1.807, 2.05) is 19.1 Å². The van der Waals surface area contributed by atoms with E-state index in [0.717, 1.165) is 5.56 Å². The molecule has 1 atom stereocenters. The molecule has 0 radical (unpaired) electrons. The number of benzene rings is 2. The molecule has 0 amide bonds. The Morgan fingerprint density at radius 1 is 0.962 bits per heavy atom. The highest BCUT2D eigenvalue weighted by atomic mass is 32.2. The second kappa shape index (κ2) is 8.42. The summed E-state index contributed by atoms with van der Waals surface area (Å²) in [6.07, 6.45) is 0. The predicted octanol–water partition coefficient (Wildman–Crippen LogP) is 3.07. The SMILES string of the molecule is COc1cc(C)c(S(=O)(=O)N[C@@H](C)COc2ccccc2OC)cc1C. The largest absolute Gasteiger partial charge is 0.496 e. The average molecular weight is 379 g/mol. The first-order chi connectivity index (χ1) is 12.3. The summed E-state index contributed by atoms with van der Waals surface area (Å²) < 4.78 is 44.2. The maximum Gasteiger partial charge on any atom is 0.241 e. The Morgan fingerprint density at radius 3 is 2.19 bits per heavy atom. The Labute approximate surface area is 155 Å². The third-order valence-corrected chi connectivity index (χ3v) is 5.63. The summed E-state index contributed by atoms with van der Waals surface area (Å²) in [4.78, 5) is 0.236. The van der Waals surface area contributed by atoms with Crippen LogP contribution in [-0.2, 0) is 10.0 Å². The van der Waals surface area contributed by atoms with Crippen molar-refractivity contribution in [2.24, 2.45) is 0 Å². The van der Waals surface area contributed by atoms with E-state index in [4.69, 9.17) is 14.2 Å². The molecule has 0 saturated carbocycles. The molecular formula is C19H25NO5S. The van der Waals surface area contributed by atoms with Crippen molar-refractivity contribution in [2.45, 2.75) is 31.7 Å². The Morgan fingerprint density at radius 2 is 1.58 bits per heavy atom. The molecule has 0 unspecified atom stereocenters. The number of sulfonamides is 1. The highest BCUT2D eigenvalue weighted by Crippen LogP contribution is 2.27. The van der Waals surface area contributed by atoms with Gasteiger partial charge < -0.3 is 14.2 Å². The van der Waals surface area contributed by atoms with Crippen LogP contribution in [0.4, 0.5) is 0 Å². The van der Waals surface area contributed by atoms with Crippen molar-refractivity contribution in [1.82, 2.24) is 4.72 Å². The van der Waals surface area contributed by atoms with Crippen LogP contribution in [0.1, 0.15) is 18.1 Å². The molecule has 142 valence electrons. The number of para-hydroxylation sites is 2. The molecule has 0 aromatic heterocycles.